The molecule has 2 aromatic carbocycles. The number of carbonyl (C=O) groups is 1. The number of aromatic amines is 1. The van der Waals surface area contributed by atoms with Crippen LogP contribution in [-0.4, -0.2) is 36.0 Å². The molecule has 0 amide bonds. The Bertz CT molecular complexity index is 1550. The van der Waals surface area contributed by atoms with Crippen LogP contribution in [0.25, 0.3) is 28.2 Å². The van der Waals surface area contributed by atoms with Crippen molar-refractivity contribution in [3.63, 3.8) is 0 Å². The lowest BCUT2D eigenvalue weighted by molar-refractivity contribution is -0.157. The van der Waals surface area contributed by atoms with Crippen molar-refractivity contribution in [1.29, 1.82) is 0 Å². The smallest absolute Gasteiger partial charge is 0.312 e. The van der Waals surface area contributed by atoms with E-state index in [9.17, 15) is 4.79 Å². The van der Waals surface area contributed by atoms with E-state index in [1.807, 2.05) is 94.6 Å². The Morgan fingerprint density at radius 2 is 1.76 bits per heavy atom. The molecule has 5 rings (SSSR count). The largest absolute Gasteiger partial charge is 0.451 e. The maximum absolute atomic E-state index is 13.1. The zero-order valence-corrected chi connectivity index (χ0v) is 21.7. The predicted molar refractivity (Wildman–Crippen MR) is 142 cm³/mol. The fourth-order valence-corrected chi connectivity index (χ4v) is 4.29. The summed E-state index contributed by atoms with van der Waals surface area (Å²) in [5.41, 5.74) is 6.92. The molecule has 5 aromatic rings. The molecule has 0 spiro atoms. The molecule has 0 saturated heterocycles. The maximum Gasteiger partial charge on any atom is 0.312 e. The number of aromatic nitrogens is 6. The molecule has 8 heteroatoms. The molecule has 3 heterocycles. The Hall–Kier alpha value is -4.33. The Balaban J connectivity index is 1.60. The standard InChI is InChI=1S/C29H30N6O2/c1-6-21-17-35-24(16-11-18(2)27(35)30-21)25(37-28(36)29(3,4)5)20-14-12-19(13-15-20)22-9-7-8-10-23(22)26-31-33-34-32-26/h7-17,25H,6H2,1-5H3,(H,31,32,33,34). The molecule has 0 aliphatic heterocycles. The van der Waals surface area contributed by atoms with Crippen LogP contribution in [0, 0.1) is 12.3 Å². The number of tetrazole rings is 1. The third-order valence-electron chi connectivity index (χ3n) is 6.41. The van der Waals surface area contributed by atoms with E-state index in [-0.39, 0.29) is 5.97 Å². The average Bonchev–Trinajstić information content (AvgIpc) is 3.58. The van der Waals surface area contributed by atoms with Gasteiger partial charge in [-0.3, -0.25) is 9.20 Å². The first-order valence-electron chi connectivity index (χ1n) is 12.4. The predicted octanol–water partition coefficient (Wildman–Crippen LogP) is 5.73. The molecule has 0 aliphatic carbocycles. The lowest BCUT2D eigenvalue weighted by Crippen LogP contribution is -2.26. The minimum atomic E-state index is -0.643. The number of imidazole rings is 1. The number of carbonyl (C=O) groups excluding carboxylic acids is 1. The van der Waals surface area contributed by atoms with E-state index in [4.69, 9.17) is 9.72 Å². The normalized spacial score (nSPS) is 12.6. The quantitative estimate of drug-likeness (QED) is 0.303. The zero-order chi connectivity index (χ0) is 26.2. The van der Waals surface area contributed by atoms with Gasteiger partial charge in [0.2, 0.25) is 0 Å². The molecule has 1 N–H and O–H groups in total. The number of fused-ring (bicyclic) bond motifs is 1. The molecule has 0 fully saturated rings. The number of hydrogen-bond acceptors (Lipinski definition) is 6. The van der Waals surface area contributed by atoms with Gasteiger partial charge in [-0.05, 0) is 72.9 Å². The summed E-state index contributed by atoms with van der Waals surface area (Å²) >= 11 is 0. The van der Waals surface area contributed by atoms with Crippen molar-refractivity contribution in [2.45, 2.75) is 47.1 Å². The summed E-state index contributed by atoms with van der Waals surface area (Å²) in [6.07, 6.45) is 2.25. The van der Waals surface area contributed by atoms with E-state index in [0.717, 1.165) is 51.3 Å². The van der Waals surface area contributed by atoms with E-state index in [1.165, 1.54) is 0 Å². The monoisotopic (exact) mass is 494 g/mol. The highest BCUT2D eigenvalue weighted by atomic mass is 16.5. The van der Waals surface area contributed by atoms with Crippen LogP contribution in [0.3, 0.4) is 0 Å². The molecule has 1 atom stereocenters. The molecule has 0 radical (unpaired) electrons. The molecule has 1 unspecified atom stereocenters. The topological polar surface area (TPSA) is 98.1 Å². The number of hydrogen-bond donors (Lipinski definition) is 1. The second-order valence-corrected chi connectivity index (χ2v) is 10.2. The number of aryl methyl sites for hydroxylation is 2. The lowest BCUT2D eigenvalue weighted by Gasteiger charge is -2.25. The van der Waals surface area contributed by atoms with Crippen LogP contribution in [0.2, 0.25) is 0 Å². The van der Waals surface area contributed by atoms with Crippen molar-refractivity contribution in [2.24, 2.45) is 5.41 Å². The Labute approximate surface area is 215 Å². The number of esters is 1. The van der Waals surface area contributed by atoms with Gasteiger partial charge in [-0.2, -0.15) is 0 Å². The molecule has 0 aliphatic rings. The molecular weight excluding hydrogens is 464 g/mol. The lowest BCUT2D eigenvalue weighted by atomic mass is 9.95. The zero-order valence-electron chi connectivity index (χ0n) is 21.7. The fraction of sp³-hybridized carbons (Fsp3) is 0.276. The van der Waals surface area contributed by atoms with Gasteiger partial charge in [-0.15, -0.1) is 5.10 Å². The van der Waals surface area contributed by atoms with Crippen molar-refractivity contribution in [1.82, 2.24) is 30.0 Å². The molecule has 3 aromatic heterocycles. The van der Waals surface area contributed by atoms with E-state index >= 15 is 0 Å². The van der Waals surface area contributed by atoms with Gasteiger partial charge in [0.25, 0.3) is 0 Å². The van der Waals surface area contributed by atoms with Gasteiger partial charge < -0.3 is 4.74 Å². The number of nitrogens with zero attached hydrogens (tertiary/aromatic N) is 5. The number of ether oxygens (including phenoxy) is 1. The summed E-state index contributed by atoms with van der Waals surface area (Å²) < 4.78 is 8.24. The second kappa shape index (κ2) is 9.61. The number of pyridine rings is 1. The first kappa shape index (κ1) is 24.4. The summed E-state index contributed by atoms with van der Waals surface area (Å²) in [7, 11) is 0. The van der Waals surface area contributed by atoms with Crippen molar-refractivity contribution in [3.05, 3.63) is 89.4 Å². The van der Waals surface area contributed by atoms with Gasteiger partial charge >= 0.3 is 5.97 Å². The molecule has 188 valence electrons. The van der Waals surface area contributed by atoms with Crippen LogP contribution in [0.1, 0.15) is 56.3 Å². The van der Waals surface area contributed by atoms with Crippen LogP contribution < -0.4 is 0 Å². The summed E-state index contributed by atoms with van der Waals surface area (Å²) in [6, 6.07) is 20.1. The van der Waals surface area contributed by atoms with Crippen molar-refractivity contribution in [2.75, 3.05) is 0 Å². The first-order valence-corrected chi connectivity index (χ1v) is 12.4. The van der Waals surface area contributed by atoms with E-state index < -0.39 is 11.5 Å². The van der Waals surface area contributed by atoms with Crippen LogP contribution in [0.4, 0.5) is 0 Å². The molecule has 0 saturated carbocycles. The van der Waals surface area contributed by atoms with Gasteiger partial charge in [-0.25, -0.2) is 10.1 Å². The highest BCUT2D eigenvalue weighted by molar-refractivity contribution is 5.80. The minimum absolute atomic E-state index is 0.269. The highest BCUT2D eigenvalue weighted by Crippen LogP contribution is 2.34. The van der Waals surface area contributed by atoms with Crippen molar-refractivity contribution >= 4 is 11.6 Å². The SMILES string of the molecule is CCc1cn2c(C(OC(=O)C(C)(C)C)c3ccc(-c4ccccc4-c4nnn[nH]4)cc3)ccc(C)c2n1. The number of nitrogens with one attached hydrogen (secondary N) is 1. The maximum atomic E-state index is 13.1. The van der Waals surface area contributed by atoms with E-state index in [2.05, 4.69) is 31.9 Å². The van der Waals surface area contributed by atoms with Gasteiger partial charge in [0.05, 0.1) is 16.8 Å². The summed E-state index contributed by atoms with van der Waals surface area (Å²) in [4.78, 5) is 17.9. The van der Waals surface area contributed by atoms with Crippen molar-refractivity contribution in [3.8, 4) is 22.5 Å². The van der Waals surface area contributed by atoms with Gasteiger partial charge in [0.1, 0.15) is 5.65 Å². The molecule has 0 bridgehead atoms. The Morgan fingerprint density at radius 3 is 2.41 bits per heavy atom. The number of rotatable bonds is 6. The summed E-state index contributed by atoms with van der Waals surface area (Å²) in [6.45, 7) is 9.71. The Kier molecular flexibility index (Phi) is 6.33. The van der Waals surface area contributed by atoms with Crippen LogP contribution in [0.15, 0.2) is 66.9 Å². The molecular formula is C29H30N6O2. The molecule has 37 heavy (non-hydrogen) atoms. The van der Waals surface area contributed by atoms with Crippen LogP contribution in [-0.2, 0) is 16.0 Å². The van der Waals surface area contributed by atoms with Gasteiger partial charge in [0.15, 0.2) is 11.9 Å². The first-order chi connectivity index (χ1) is 17.8. The Morgan fingerprint density at radius 1 is 1.03 bits per heavy atom. The fourth-order valence-electron chi connectivity index (χ4n) is 4.29. The highest BCUT2D eigenvalue weighted by Gasteiger charge is 2.29. The van der Waals surface area contributed by atoms with Gasteiger partial charge in [-0.1, -0.05) is 61.5 Å². The van der Waals surface area contributed by atoms with Crippen molar-refractivity contribution < 1.29 is 9.53 Å². The van der Waals surface area contributed by atoms with Crippen LogP contribution in [0.5, 0.6) is 0 Å². The van der Waals surface area contributed by atoms with E-state index in [0.29, 0.717) is 5.82 Å². The number of benzene rings is 2. The summed E-state index contributed by atoms with van der Waals surface area (Å²) in [5.74, 6) is 0.333. The molecule has 8 nitrogen and oxygen atoms in total. The van der Waals surface area contributed by atoms with Crippen LogP contribution >= 0.6 is 0 Å². The third kappa shape index (κ3) is 4.74. The number of H-pyrrole nitrogens is 1. The summed E-state index contributed by atoms with van der Waals surface area (Å²) in [5, 5.41) is 14.3. The third-order valence-corrected chi connectivity index (χ3v) is 6.41. The second-order valence-electron chi connectivity index (χ2n) is 10.2. The van der Waals surface area contributed by atoms with E-state index in [1.54, 1.807) is 0 Å². The average molecular weight is 495 g/mol. The minimum Gasteiger partial charge on any atom is -0.451 e. The van der Waals surface area contributed by atoms with Gasteiger partial charge in [0, 0.05) is 11.8 Å².